The molecule has 1 aromatic heterocycles. The van der Waals surface area contributed by atoms with Crippen LogP contribution >= 0.6 is 10.7 Å². The van der Waals surface area contributed by atoms with Gasteiger partial charge in [-0.15, -0.1) is 0 Å². The van der Waals surface area contributed by atoms with Gasteiger partial charge in [-0.2, -0.15) is 5.10 Å². The zero-order chi connectivity index (χ0) is 14.8. The molecule has 0 spiro atoms. The zero-order valence-corrected chi connectivity index (χ0v) is 12.1. The summed E-state index contributed by atoms with van der Waals surface area (Å²) in [5, 5.41) is 9.17. The minimum atomic E-state index is -3.72. The first-order chi connectivity index (χ1) is 9.38. The highest BCUT2D eigenvalue weighted by atomic mass is 35.7. The summed E-state index contributed by atoms with van der Waals surface area (Å²) >= 11 is 0. The summed E-state index contributed by atoms with van der Waals surface area (Å²) in [5.74, 6) is -0.245. The van der Waals surface area contributed by atoms with Crippen LogP contribution in [0.15, 0.2) is 35.4 Å². The summed E-state index contributed by atoms with van der Waals surface area (Å²) in [6, 6.07) is 5.98. The number of carbonyl (C=O) groups excluding carboxylic acids is 1. The summed E-state index contributed by atoms with van der Waals surface area (Å²) in [5.41, 5.74) is 1.93. The number of hydrogen-bond acceptors (Lipinski definition) is 4. The number of hydrogen-bond donors (Lipinski definition) is 2. The highest BCUT2D eigenvalue weighted by molar-refractivity contribution is 8.13. The van der Waals surface area contributed by atoms with E-state index in [1.165, 1.54) is 18.3 Å². The Labute approximate surface area is 120 Å². The van der Waals surface area contributed by atoms with Gasteiger partial charge in [-0.1, -0.05) is 12.1 Å². The molecular weight excluding hydrogens is 302 g/mol. The van der Waals surface area contributed by atoms with E-state index in [0.717, 1.165) is 5.56 Å². The smallest absolute Gasteiger partial charge is 0.261 e. The molecule has 0 unspecified atom stereocenters. The zero-order valence-electron chi connectivity index (χ0n) is 10.6. The molecule has 0 atom stereocenters. The Bertz CT molecular complexity index is 723. The molecule has 1 heterocycles. The monoisotopic (exact) mass is 313 g/mol. The maximum absolute atomic E-state index is 11.8. The summed E-state index contributed by atoms with van der Waals surface area (Å²) in [6.45, 7) is 2.04. The molecule has 2 N–H and O–H groups in total. The van der Waals surface area contributed by atoms with E-state index >= 15 is 0 Å². The molecule has 106 valence electrons. The lowest BCUT2D eigenvalue weighted by atomic mass is 10.2. The molecule has 0 saturated carbocycles. The number of amides is 1. The number of halogens is 1. The molecule has 8 heteroatoms. The van der Waals surface area contributed by atoms with Gasteiger partial charge in [0.1, 0.15) is 0 Å². The number of aromatic amines is 1. The Morgan fingerprint density at radius 1 is 1.35 bits per heavy atom. The van der Waals surface area contributed by atoms with E-state index in [2.05, 4.69) is 15.5 Å². The van der Waals surface area contributed by atoms with E-state index in [-0.39, 0.29) is 17.3 Å². The summed E-state index contributed by atoms with van der Waals surface area (Å²) < 4.78 is 22.2. The number of benzene rings is 1. The van der Waals surface area contributed by atoms with Crippen LogP contribution in [0.1, 0.15) is 21.6 Å². The maximum atomic E-state index is 11.8. The Morgan fingerprint density at radius 2 is 2.00 bits per heavy atom. The van der Waals surface area contributed by atoms with Crippen molar-refractivity contribution in [1.29, 1.82) is 0 Å². The van der Waals surface area contributed by atoms with Crippen LogP contribution in [-0.2, 0) is 15.6 Å². The summed E-state index contributed by atoms with van der Waals surface area (Å²) in [4.78, 5) is 11.9. The second-order valence-electron chi connectivity index (χ2n) is 4.17. The highest BCUT2D eigenvalue weighted by Crippen LogP contribution is 2.15. The fourth-order valence-corrected chi connectivity index (χ4v) is 2.40. The van der Waals surface area contributed by atoms with Crippen molar-refractivity contribution >= 4 is 25.6 Å². The number of carbonyl (C=O) groups is 1. The predicted octanol–water partition coefficient (Wildman–Crippen LogP) is 1.58. The van der Waals surface area contributed by atoms with Gasteiger partial charge in [-0.25, -0.2) is 8.42 Å². The van der Waals surface area contributed by atoms with Gasteiger partial charge in [-0.05, 0) is 24.6 Å². The molecule has 0 aliphatic carbocycles. The molecule has 2 aromatic rings. The van der Waals surface area contributed by atoms with Crippen LogP contribution in [0.3, 0.4) is 0 Å². The molecule has 0 aliphatic rings. The second kappa shape index (κ2) is 5.64. The van der Waals surface area contributed by atoms with Gasteiger partial charge < -0.3 is 5.32 Å². The van der Waals surface area contributed by atoms with Crippen molar-refractivity contribution in [3.05, 3.63) is 47.3 Å². The number of H-pyrrole nitrogens is 1. The standard InChI is InChI=1S/C12H12ClN3O3S/c1-8-11(7-15-16-8)12(17)14-6-9-2-4-10(5-3-9)20(13,18)19/h2-5,7H,6H2,1H3,(H,14,17)(H,15,16). The summed E-state index contributed by atoms with van der Waals surface area (Å²) in [7, 11) is 1.50. The van der Waals surface area contributed by atoms with Gasteiger partial charge in [-0.3, -0.25) is 9.89 Å². The molecule has 1 amide bonds. The van der Waals surface area contributed by atoms with Crippen LogP contribution in [0.25, 0.3) is 0 Å². The average Bonchev–Trinajstić information content (AvgIpc) is 2.82. The topological polar surface area (TPSA) is 91.9 Å². The van der Waals surface area contributed by atoms with Gasteiger partial charge >= 0.3 is 0 Å². The summed E-state index contributed by atoms with van der Waals surface area (Å²) in [6.07, 6.45) is 1.45. The fourth-order valence-electron chi connectivity index (χ4n) is 1.63. The first-order valence-electron chi connectivity index (χ1n) is 5.69. The SMILES string of the molecule is Cc1[nH]ncc1C(=O)NCc1ccc(S(=O)(=O)Cl)cc1. The van der Waals surface area contributed by atoms with Crippen molar-refractivity contribution in [2.75, 3.05) is 0 Å². The van der Waals surface area contributed by atoms with Crippen molar-refractivity contribution < 1.29 is 13.2 Å². The van der Waals surface area contributed by atoms with Crippen molar-refractivity contribution in [3.63, 3.8) is 0 Å². The maximum Gasteiger partial charge on any atom is 0.261 e. The van der Waals surface area contributed by atoms with Crippen molar-refractivity contribution in [1.82, 2.24) is 15.5 Å². The lowest BCUT2D eigenvalue weighted by Crippen LogP contribution is -2.23. The Hall–Kier alpha value is -1.86. The Kier molecular flexibility index (Phi) is 4.10. The highest BCUT2D eigenvalue weighted by Gasteiger charge is 2.11. The van der Waals surface area contributed by atoms with Crippen LogP contribution in [0.2, 0.25) is 0 Å². The lowest BCUT2D eigenvalue weighted by Gasteiger charge is -2.05. The van der Waals surface area contributed by atoms with Crippen LogP contribution in [0.5, 0.6) is 0 Å². The van der Waals surface area contributed by atoms with E-state index in [1.54, 1.807) is 19.1 Å². The first kappa shape index (κ1) is 14.5. The largest absolute Gasteiger partial charge is 0.348 e. The van der Waals surface area contributed by atoms with Gasteiger partial charge in [0.15, 0.2) is 0 Å². The molecule has 6 nitrogen and oxygen atoms in total. The van der Waals surface area contributed by atoms with Crippen molar-refractivity contribution in [2.45, 2.75) is 18.4 Å². The Balaban J connectivity index is 2.02. The fraction of sp³-hybridized carbons (Fsp3) is 0.167. The molecule has 0 radical (unpaired) electrons. The van der Waals surface area contributed by atoms with E-state index < -0.39 is 9.05 Å². The van der Waals surface area contributed by atoms with Crippen LogP contribution < -0.4 is 5.32 Å². The minimum absolute atomic E-state index is 0.0277. The van der Waals surface area contributed by atoms with E-state index in [0.29, 0.717) is 11.3 Å². The predicted molar refractivity (Wildman–Crippen MR) is 74.0 cm³/mol. The van der Waals surface area contributed by atoms with E-state index in [4.69, 9.17) is 10.7 Å². The van der Waals surface area contributed by atoms with Crippen LogP contribution in [-0.4, -0.2) is 24.5 Å². The van der Waals surface area contributed by atoms with Crippen molar-refractivity contribution in [3.8, 4) is 0 Å². The third-order valence-corrected chi connectivity index (χ3v) is 4.10. The second-order valence-corrected chi connectivity index (χ2v) is 6.74. The van der Waals surface area contributed by atoms with Gasteiger partial charge in [0.25, 0.3) is 15.0 Å². The number of rotatable bonds is 4. The number of nitrogens with zero attached hydrogens (tertiary/aromatic N) is 1. The third-order valence-electron chi connectivity index (χ3n) is 2.73. The molecule has 0 aliphatic heterocycles. The average molecular weight is 314 g/mol. The van der Waals surface area contributed by atoms with Gasteiger partial charge in [0.05, 0.1) is 16.7 Å². The molecule has 20 heavy (non-hydrogen) atoms. The Morgan fingerprint density at radius 3 is 2.50 bits per heavy atom. The molecule has 1 aromatic carbocycles. The molecular formula is C12H12ClN3O3S. The molecule has 2 rings (SSSR count). The van der Waals surface area contributed by atoms with E-state index in [9.17, 15) is 13.2 Å². The van der Waals surface area contributed by atoms with Crippen LogP contribution in [0.4, 0.5) is 0 Å². The first-order valence-corrected chi connectivity index (χ1v) is 8.00. The van der Waals surface area contributed by atoms with Crippen molar-refractivity contribution in [2.24, 2.45) is 0 Å². The number of aryl methyl sites for hydroxylation is 1. The lowest BCUT2D eigenvalue weighted by molar-refractivity contribution is 0.0950. The number of aromatic nitrogens is 2. The quantitative estimate of drug-likeness (QED) is 0.838. The minimum Gasteiger partial charge on any atom is -0.348 e. The molecule has 0 bridgehead atoms. The normalized spacial score (nSPS) is 11.3. The third kappa shape index (κ3) is 3.37. The molecule has 0 fully saturated rings. The van der Waals surface area contributed by atoms with Crippen LogP contribution in [0, 0.1) is 6.92 Å². The number of nitrogens with one attached hydrogen (secondary N) is 2. The van der Waals surface area contributed by atoms with Gasteiger partial charge in [0, 0.05) is 22.9 Å². The molecule has 0 saturated heterocycles. The van der Waals surface area contributed by atoms with Gasteiger partial charge in [0.2, 0.25) is 0 Å². The van der Waals surface area contributed by atoms with E-state index in [1.807, 2.05) is 0 Å².